The molecule has 0 aromatic rings. The monoisotopic (exact) mass is 220 g/mol. The van der Waals surface area contributed by atoms with E-state index in [1.54, 1.807) is 0 Å². The summed E-state index contributed by atoms with van der Waals surface area (Å²) >= 11 is 0. The Balaban J connectivity index is 5.22. The van der Waals surface area contributed by atoms with Crippen LogP contribution in [0.15, 0.2) is 16.6 Å². The third kappa shape index (κ3) is 3.79. The number of hydrogen-bond acceptors (Lipinski definition) is 4. The van der Waals surface area contributed by atoms with Gasteiger partial charge in [-0.2, -0.15) is 0 Å². The molecule has 0 heterocycles. The molecular weight excluding hydrogens is 203 g/mol. The van der Waals surface area contributed by atoms with Crippen LogP contribution in [0.3, 0.4) is 0 Å². The van der Waals surface area contributed by atoms with Gasteiger partial charge in [0, 0.05) is 21.3 Å². The maximum absolute atomic E-state index is 11.9. The molecule has 0 fully saturated rings. The fourth-order valence-corrected chi connectivity index (χ4v) is 2.14. The zero-order chi connectivity index (χ0) is 11.2. The molecule has 0 aromatic carbocycles. The largest absolute Gasteiger partial charge is 0.379 e. The highest BCUT2D eigenvalue weighted by Gasteiger charge is 2.27. The predicted octanol–water partition coefficient (Wildman–Crippen LogP) is 2.57. The Morgan fingerprint density at radius 2 is 1.71 bits per heavy atom. The minimum Gasteiger partial charge on any atom is -0.379 e. The maximum atomic E-state index is 11.9. The number of ether oxygens (including phenoxy) is 1. The van der Waals surface area contributed by atoms with Crippen LogP contribution in [0.2, 0.25) is 0 Å². The minimum absolute atomic E-state index is 0.185. The third-order valence-corrected chi connectivity index (χ3v) is 3.35. The number of hydrogen-bond donors (Lipinski definition) is 0. The van der Waals surface area contributed by atoms with Crippen molar-refractivity contribution < 1.29 is 18.3 Å². The van der Waals surface area contributed by atoms with Gasteiger partial charge in [-0.3, -0.25) is 4.57 Å². The summed E-state index contributed by atoms with van der Waals surface area (Å²) in [4.78, 5) is 0. The van der Waals surface area contributed by atoms with Gasteiger partial charge in [-0.1, -0.05) is 0 Å². The van der Waals surface area contributed by atoms with Gasteiger partial charge in [-0.15, -0.1) is 5.73 Å². The molecule has 0 spiro atoms. The van der Waals surface area contributed by atoms with E-state index in [1.165, 1.54) is 21.3 Å². The molecule has 5 heteroatoms. The summed E-state index contributed by atoms with van der Waals surface area (Å²) in [5.41, 5.74) is 3.81. The van der Waals surface area contributed by atoms with Gasteiger partial charge in [0.1, 0.15) is 5.31 Å². The number of methoxy groups -OCH3 is 1. The van der Waals surface area contributed by atoms with E-state index in [2.05, 4.69) is 5.73 Å². The molecule has 0 saturated carbocycles. The lowest BCUT2D eigenvalue weighted by Crippen LogP contribution is -1.99. The molecule has 0 saturated heterocycles. The van der Waals surface area contributed by atoms with Gasteiger partial charge in [0.2, 0.25) is 0 Å². The summed E-state index contributed by atoms with van der Waals surface area (Å²) in [5, 5.41) is 0.407. The smallest absolute Gasteiger partial charge is 0.366 e. The van der Waals surface area contributed by atoms with Crippen molar-refractivity contribution in [2.45, 2.75) is 13.8 Å². The predicted molar refractivity (Wildman–Crippen MR) is 55.4 cm³/mol. The number of rotatable bonds is 5. The second kappa shape index (κ2) is 6.18. The van der Waals surface area contributed by atoms with E-state index in [-0.39, 0.29) is 6.61 Å². The molecule has 82 valence electrons. The first-order valence-corrected chi connectivity index (χ1v) is 5.68. The first-order chi connectivity index (χ1) is 6.50. The van der Waals surface area contributed by atoms with Crippen LogP contribution in [0.5, 0.6) is 0 Å². The lowest BCUT2D eigenvalue weighted by atomic mass is 10.4. The van der Waals surface area contributed by atoms with E-state index in [9.17, 15) is 4.57 Å². The van der Waals surface area contributed by atoms with Crippen LogP contribution in [0.25, 0.3) is 0 Å². The molecule has 0 unspecified atom stereocenters. The highest BCUT2D eigenvalue weighted by molar-refractivity contribution is 7.58. The van der Waals surface area contributed by atoms with Crippen LogP contribution < -0.4 is 0 Å². The SMILES string of the molecule is COCC(=C=C(C)C)P(=O)(OC)OC. The van der Waals surface area contributed by atoms with E-state index in [0.717, 1.165) is 5.57 Å². The Kier molecular flexibility index (Phi) is 6.01. The standard InChI is InChI=1S/C9H17O4P/c1-8(2)6-9(7-11-3)14(10,12-4)13-5/h7H2,1-5H3. The molecule has 0 aromatic heterocycles. The summed E-state index contributed by atoms with van der Waals surface area (Å²) in [7, 11) is 0.994. The van der Waals surface area contributed by atoms with Crippen molar-refractivity contribution in [1.82, 2.24) is 0 Å². The van der Waals surface area contributed by atoms with Crippen LogP contribution in [-0.2, 0) is 18.3 Å². The average Bonchev–Trinajstić information content (AvgIpc) is 2.15. The van der Waals surface area contributed by atoms with Crippen LogP contribution in [0, 0.1) is 0 Å². The molecule has 0 aliphatic heterocycles. The quantitative estimate of drug-likeness (QED) is 0.527. The Hall–Kier alpha value is -0.370. The molecule has 14 heavy (non-hydrogen) atoms. The summed E-state index contributed by atoms with van der Waals surface area (Å²) in [6, 6.07) is 0. The van der Waals surface area contributed by atoms with Crippen molar-refractivity contribution in [3.05, 3.63) is 16.6 Å². The summed E-state index contributed by atoms with van der Waals surface area (Å²) < 4.78 is 26.5. The van der Waals surface area contributed by atoms with Gasteiger partial charge in [0.05, 0.1) is 6.61 Å². The second-order valence-electron chi connectivity index (χ2n) is 2.87. The van der Waals surface area contributed by atoms with Crippen molar-refractivity contribution in [2.24, 2.45) is 0 Å². The lowest BCUT2D eigenvalue weighted by Gasteiger charge is -2.14. The van der Waals surface area contributed by atoms with E-state index in [1.807, 2.05) is 13.8 Å². The molecule has 0 rings (SSSR count). The first-order valence-electron chi connectivity index (χ1n) is 4.14. The minimum atomic E-state index is -3.20. The van der Waals surface area contributed by atoms with Crippen LogP contribution >= 0.6 is 7.60 Å². The van der Waals surface area contributed by atoms with Crippen molar-refractivity contribution in [3.8, 4) is 0 Å². The summed E-state index contributed by atoms with van der Waals surface area (Å²) in [5.74, 6) is 0. The lowest BCUT2D eigenvalue weighted by molar-refractivity contribution is 0.219. The first kappa shape index (κ1) is 13.6. The average molecular weight is 220 g/mol. The van der Waals surface area contributed by atoms with Gasteiger partial charge in [0.15, 0.2) is 0 Å². The highest BCUT2D eigenvalue weighted by Crippen LogP contribution is 2.54. The van der Waals surface area contributed by atoms with Crippen molar-refractivity contribution in [2.75, 3.05) is 27.9 Å². The van der Waals surface area contributed by atoms with Crippen molar-refractivity contribution >= 4 is 7.60 Å². The van der Waals surface area contributed by atoms with Crippen LogP contribution in [0.1, 0.15) is 13.8 Å². The summed E-state index contributed by atoms with van der Waals surface area (Å²) in [6.07, 6.45) is 0. The topological polar surface area (TPSA) is 44.8 Å². The van der Waals surface area contributed by atoms with E-state index in [0.29, 0.717) is 5.31 Å². The van der Waals surface area contributed by atoms with Crippen LogP contribution in [-0.4, -0.2) is 27.9 Å². The molecule has 0 radical (unpaired) electrons. The zero-order valence-electron chi connectivity index (χ0n) is 9.29. The Morgan fingerprint density at radius 3 is 2.00 bits per heavy atom. The van der Waals surface area contributed by atoms with E-state index < -0.39 is 7.60 Å². The van der Waals surface area contributed by atoms with Gasteiger partial charge < -0.3 is 13.8 Å². The fourth-order valence-electron chi connectivity index (χ4n) is 0.904. The second-order valence-corrected chi connectivity index (χ2v) is 5.13. The molecule has 0 aliphatic carbocycles. The molecule has 0 bridgehead atoms. The summed E-state index contributed by atoms with van der Waals surface area (Å²) in [6.45, 7) is 3.89. The molecule has 0 atom stereocenters. The van der Waals surface area contributed by atoms with E-state index >= 15 is 0 Å². The fraction of sp³-hybridized carbons (Fsp3) is 0.667. The Morgan fingerprint density at radius 1 is 1.21 bits per heavy atom. The molecule has 0 amide bonds. The van der Waals surface area contributed by atoms with Crippen LogP contribution in [0.4, 0.5) is 0 Å². The Labute approximate surface area is 85.1 Å². The highest BCUT2D eigenvalue weighted by atomic mass is 31.2. The van der Waals surface area contributed by atoms with Crippen molar-refractivity contribution in [3.63, 3.8) is 0 Å². The molecule has 0 aliphatic rings. The maximum Gasteiger partial charge on any atom is 0.366 e. The third-order valence-electron chi connectivity index (χ3n) is 1.49. The van der Waals surface area contributed by atoms with Crippen molar-refractivity contribution in [1.29, 1.82) is 0 Å². The van der Waals surface area contributed by atoms with Gasteiger partial charge >= 0.3 is 7.60 Å². The zero-order valence-corrected chi connectivity index (χ0v) is 10.2. The van der Waals surface area contributed by atoms with E-state index in [4.69, 9.17) is 13.8 Å². The van der Waals surface area contributed by atoms with Gasteiger partial charge in [-0.05, 0) is 19.4 Å². The molecule has 4 nitrogen and oxygen atoms in total. The molecule has 0 N–H and O–H groups in total. The molecular formula is C9H17O4P. The van der Waals surface area contributed by atoms with Gasteiger partial charge in [0.25, 0.3) is 0 Å². The normalized spacial score (nSPS) is 10.9. The van der Waals surface area contributed by atoms with Gasteiger partial charge in [-0.25, -0.2) is 0 Å². The Bertz CT molecular complexity index is 277.